The summed E-state index contributed by atoms with van der Waals surface area (Å²) in [5, 5.41) is 4.77. The summed E-state index contributed by atoms with van der Waals surface area (Å²) in [4.78, 5) is 5.17. The smallest absolute Gasteiger partial charge is 0.249 e. The van der Waals surface area contributed by atoms with Gasteiger partial charge in [0.15, 0.2) is 0 Å². The van der Waals surface area contributed by atoms with Crippen molar-refractivity contribution in [2.75, 3.05) is 13.7 Å². The van der Waals surface area contributed by atoms with Crippen molar-refractivity contribution in [2.24, 2.45) is 0 Å². The number of hydrogen-bond donors (Lipinski definition) is 1. The highest BCUT2D eigenvalue weighted by Crippen LogP contribution is 2.37. The predicted molar refractivity (Wildman–Crippen MR) is 149 cm³/mol. The van der Waals surface area contributed by atoms with E-state index in [-0.39, 0.29) is 4.21 Å². The van der Waals surface area contributed by atoms with Gasteiger partial charge < -0.3 is 4.74 Å². The summed E-state index contributed by atoms with van der Waals surface area (Å²) in [5.41, 5.74) is 4.09. The average Bonchev–Trinajstić information content (AvgIpc) is 3.50. The molecule has 0 fully saturated rings. The molecule has 0 radical (unpaired) electrons. The zero-order valence-corrected chi connectivity index (χ0v) is 24.2. The molecular formula is C26H31FN4O3S2Si. The Labute approximate surface area is 222 Å². The summed E-state index contributed by atoms with van der Waals surface area (Å²) in [6.07, 6.45) is 1.89. The van der Waals surface area contributed by atoms with Gasteiger partial charge in [0.2, 0.25) is 10.0 Å². The molecule has 0 unspecified atom stereocenters. The number of thiophene rings is 1. The minimum absolute atomic E-state index is 0.128. The molecule has 4 rings (SSSR count). The predicted octanol–water partition coefficient (Wildman–Crippen LogP) is 6.01. The van der Waals surface area contributed by atoms with Crippen molar-refractivity contribution in [3.8, 4) is 33.0 Å². The van der Waals surface area contributed by atoms with E-state index in [1.165, 1.54) is 19.2 Å². The minimum Gasteiger partial charge on any atom is -0.360 e. The molecular weight excluding hydrogens is 528 g/mol. The molecule has 1 aromatic carbocycles. The lowest BCUT2D eigenvalue weighted by atomic mass is 10.0. The maximum absolute atomic E-state index is 14.9. The van der Waals surface area contributed by atoms with E-state index in [1.807, 2.05) is 31.3 Å². The number of benzene rings is 1. The van der Waals surface area contributed by atoms with Crippen molar-refractivity contribution >= 4 is 29.4 Å². The average molecular weight is 559 g/mol. The first-order chi connectivity index (χ1) is 17.5. The molecule has 0 bridgehead atoms. The Bertz CT molecular complexity index is 1510. The summed E-state index contributed by atoms with van der Waals surface area (Å²) in [6.45, 7) is 9.80. The van der Waals surface area contributed by atoms with Crippen LogP contribution in [0.1, 0.15) is 5.69 Å². The highest BCUT2D eigenvalue weighted by atomic mass is 32.2. The molecule has 0 aliphatic rings. The van der Waals surface area contributed by atoms with Gasteiger partial charge in [0, 0.05) is 42.6 Å². The first-order valence-corrected chi connectivity index (χ1v) is 17.9. The maximum atomic E-state index is 14.9. The lowest BCUT2D eigenvalue weighted by molar-refractivity contribution is 0.0787. The summed E-state index contributed by atoms with van der Waals surface area (Å²) in [5.74, 6) is -0.434. The molecule has 37 heavy (non-hydrogen) atoms. The standard InChI is InChI=1S/C26H31FN4O3S2Si/c1-18-7-6-8-23(29-18)26-21(16-31(30-26)17-34-13-14-37(3,4)5)19-9-10-22(27)20(15-19)24-11-12-25(35-24)36(32,33)28-2/h6-12,15-16,28H,13-14,17H2,1-5H3. The monoisotopic (exact) mass is 558 g/mol. The number of pyridine rings is 1. The lowest BCUT2D eigenvalue weighted by Gasteiger charge is -2.15. The summed E-state index contributed by atoms with van der Waals surface area (Å²) in [7, 11) is -3.47. The van der Waals surface area contributed by atoms with Gasteiger partial charge in [-0.3, -0.25) is 4.98 Å². The molecule has 3 aromatic heterocycles. The Kier molecular flexibility index (Phi) is 8.10. The topological polar surface area (TPSA) is 86.1 Å². The van der Waals surface area contributed by atoms with Gasteiger partial charge in [0.1, 0.15) is 22.5 Å². The van der Waals surface area contributed by atoms with Gasteiger partial charge in [0.25, 0.3) is 0 Å². The van der Waals surface area contributed by atoms with Crippen molar-refractivity contribution in [3.05, 3.63) is 66.2 Å². The fourth-order valence-corrected chi connectivity index (χ4v) is 6.61. The molecule has 0 aliphatic heterocycles. The molecule has 196 valence electrons. The van der Waals surface area contributed by atoms with Gasteiger partial charge in [-0.2, -0.15) is 5.10 Å². The molecule has 0 spiro atoms. The highest BCUT2D eigenvalue weighted by Gasteiger charge is 2.20. The van der Waals surface area contributed by atoms with Gasteiger partial charge in [-0.25, -0.2) is 22.2 Å². The van der Waals surface area contributed by atoms with E-state index in [2.05, 4.69) is 29.3 Å². The third-order valence-corrected chi connectivity index (χ3v) is 10.5. The van der Waals surface area contributed by atoms with E-state index >= 15 is 0 Å². The molecule has 0 saturated heterocycles. The lowest BCUT2D eigenvalue weighted by Crippen LogP contribution is -2.22. The van der Waals surface area contributed by atoms with E-state index in [9.17, 15) is 12.8 Å². The Morgan fingerprint density at radius 2 is 1.89 bits per heavy atom. The molecule has 0 aliphatic carbocycles. The van der Waals surface area contributed by atoms with Crippen LogP contribution in [0.3, 0.4) is 0 Å². The van der Waals surface area contributed by atoms with Crippen LogP contribution in [0.15, 0.2) is 58.9 Å². The Hall–Kier alpha value is -2.70. The van der Waals surface area contributed by atoms with Crippen molar-refractivity contribution in [1.82, 2.24) is 19.5 Å². The number of ether oxygens (including phenoxy) is 1. The second kappa shape index (κ2) is 11.0. The Balaban J connectivity index is 1.73. The van der Waals surface area contributed by atoms with E-state index in [0.717, 1.165) is 34.2 Å². The van der Waals surface area contributed by atoms with Gasteiger partial charge >= 0.3 is 0 Å². The number of aromatic nitrogens is 3. The summed E-state index contributed by atoms with van der Waals surface area (Å²) in [6, 6.07) is 14.7. The number of rotatable bonds is 10. The number of halogens is 1. The van der Waals surface area contributed by atoms with Crippen LogP contribution >= 0.6 is 11.3 Å². The van der Waals surface area contributed by atoms with Crippen molar-refractivity contribution in [3.63, 3.8) is 0 Å². The summed E-state index contributed by atoms with van der Waals surface area (Å²) >= 11 is 1.02. The van der Waals surface area contributed by atoms with Crippen LogP contribution in [0.5, 0.6) is 0 Å². The normalized spacial score (nSPS) is 12.3. The Morgan fingerprint density at radius 1 is 1.11 bits per heavy atom. The van der Waals surface area contributed by atoms with Crippen LogP contribution in [-0.2, 0) is 21.5 Å². The van der Waals surface area contributed by atoms with Crippen LogP contribution in [0, 0.1) is 12.7 Å². The third-order valence-electron chi connectivity index (χ3n) is 5.77. The van der Waals surface area contributed by atoms with Crippen LogP contribution in [0.25, 0.3) is 33.0 Å². The Morgan fingerprint density at radius 3 is 2.59 bits per heavy atom. The van der Waals surface area contributed by atoms with E-state index in [0.29, 0.717) is 35.2 Å². The molecule has 0 atom stereocenters. The largest absolute Gasteiger partial charge is 0.360 e. The number of nitrogens with one attached hydrogen (secondary N) is 1. The van der Waals surface area contributed by atoms with Crippen molar-refractivity contribution < 1.29 is 17.5 Å². The molecule has 11 heteroatoms. The van der Waals surface area contributed by atoms with Crippen LogP contribution in [-0.4, -0.2) is 44.9 Å². The molecule has 0 saturated carbocycles. The molecule has 1 N–H and O–H groups in total. The zero-order valence-electron chi connectivity index (χ0n) is 21.6. The van der Waals surface area contributed by atoms with Crippen LogP contribution in [0.4, 0.5) is 4.39 Å². The molecule has 3 heterocycles. The van der Waals surface area contributed by atoms with E-state index in [4.69, 9.17) is 9.84 Å². The highest BCUT2D eigenvalue weighted by molar-refractivity contribution is 7.91. The number of hydrogen-bond acceptors (Lipinski definition) is 6. The second-order valence-electron chi connectivity index (χ2n) is 9.96. The third kappa shape index (κ3) is 6.60. The zero-order chi connectivity index (χ0) is 26.8. The molecule has 7 nitrogen and oxygen atoms in total. The minimum atomic E-state index is -3.61. The van der Waals surface area contributed by atoms with Crippen LogP contribution < -0.4 is 4.72 Å². The van der Waals surface area contributed by atoms with E-state index < -0.39 is 23.9 Å². The fourth-order valence-electron chi connectivity index (χ4n) is 3.69. The first kappa shape index (κ1) is 27.3. The van der Waals surface area contributed by atoms with Gasteiger partial charge in [-0.05, 0) is 62.0 Å². The van der Waals surface area contributed by atoms with Crippen LogP contribution in [0.2, 0.25) is 25.7 Å². The van der Waals surface area contributed by atoms with Crippen molar-refractivity contribution in [2.45, 2.75) is 43.5 Å². The van der Waals surface area contributed by atoms with Crippen molar-refractivity contribution in [1.29, 1.82) is 0 Å². The van der Waals surface area contributed by atoms with Gasteiger partial charge in [0.05, 0.1) is 5.69 Å². The second-order valence-corrected chi connectivity index (χ2v) is 18.8. The first-order valence-electron chi connectivity index (χ1n) is 11.9. The van der Waals surface area contributed by atoms with E-state index in [1.54, 1.807) is 22.9 Å². The summed E-state index contributed by atoms with van der Waals surface area (Å²) < 4.78 is 49.4. The molecule has 4 aromatic rings. The van der Waals surface area contributed by atoms with Gasteiger partial charge in [-0.15, -0.1) is 11.3 Å². The van der Waals surface area contributed by atoms with Gasteiger partial charge in [-0.1, -0.05) is 31.8 Å². The number of aryl methyl sites for hydroxylation is 1. The fraction of sp³-hybridized carbons (Fsp3) is 0.308. The SMILES string of the molecule is CNS(=O)(=O)c1ccc(-c2cc(-c3cn(COCC[Si](C)(C)C)nc3-c3cccc(C)n3)ccc2F)s1. The maximum Gasteiger partial charge on any atom is 0.249 e. The number of sulfonamides is 1. The molecule has 0 amide bonds. The number of nitrogens with zero attached hydrogens (tertiary/aromatic N) is 3. The quantitative estimate of drug-likeness (QED) is 0.190.